The van der Waals surface area contributed by atoms with Gasteiger partial charge < -0.3 is 10.1 Å². The summed E-state index contributed by atoms with van der Waals surface area (Å²) in [6.07, 6.45) is 0.763. The van der Waals surface area contributed by atoms with Gasteiger partial charge in [0.25, 0.3) is 0 Å². The van der Waals surface area contributed by atoms with Crippen molar-refractivity contribution in [3.63, 3.8) is 0 Å². The molecule has 8 nitrogen and oxygen atoms in total. The van der Waals surface area contributed by atoms with Gasteiger partial charge in [-0.1, -0.05) is 18.3 Å². The predicted octanol–water partition coefficient (Wildman–Crippen LogP) is 7.00. The number of nitriles is 1. The molecule has 0 aliphatic carbocycles. The number of hydrogen-bond donors (Lipinski definition) is 1. The van der Waals surface area contributed by atoms with Crippen LogP contribution in [0.2, 0.25) is 0 Å². The number of nitrogens with zero attached hydrogens (tertiary/aromatic N) is 4. The maximum absolute atomic E-state index is 12.9. The second-order valence-corrected chi connectivity index (χ2v) is 10.6. The molecule has 0 saturated heterocycles. The summed E-state index contributed by atoms with van der Waals surface area (Å²) in [6, 6.07) is 16.6. The van der Waals surface area contributed by atoms with E-state index >= 15 is 0 Å². The van der Waals surface area contributed by atoms with Crippen molar-refractivity contribution in [3.8, 4) is 11.2 Å². The highest BCUT2D eigenvalue weighted by molar-refractivity contribution is 8.03. The summed E-state index contributed by atoms with van der Waals surface area (Å²) in [5, 5.41) is 23.4. The van der Waals surface area contributed by atoms with Gasteiger partial charge in [-0.3, -0.25) is 0 Å². The van der Waals surface area contributed by atoms with Crippen LogP contribution in [0.15, 0.2) is 80.7 Å². The van der Waals surface area contributed by atoms with Crippen molar-refractivity contribution in [1.29, 1.82) is 5.26 Å². The third-order valence-electron chi connectivity index (χ3n) is 5.02. The van der Waals surface area contributed by atoms with Crippen LogP contribution >= 0.6 is 23.1 Å². The Bertz CT molecular complexity index is 1550. The van der Waals surface area contributed by atoms with Crippen LogP contribution in [0.25, 0.3) is 10.2 Å². The molecule has 3 aromatic carbocycles. The highest BCUT2D eigenvalue weighted by Crippen LogP contribution is 2.33. The minimum atomic E-state index is -4.72. The Morgan fingerprint density at radius 1 is 1.14 bits per heavy atom. The van der Waals surface area contributed by atoms with Crippen molar-refractivity contribution >= 4 is 60.0 Å². The fourth-order valence-electron chi connectivity index (χ4n) is 3.29. The summed E-state index contributed by atoms with van der Waals surface area (Å²) in [5.74, 6) is 0.448. The molecule has 184 valence electrons. The van der Waals surface area contributed by atoms with Crippen molar-refractivity contribution in [3.05, 3.63) is 66.2 Å². The number of benzene rings is 3. The van der Waals surface area contributed by atoms with Gasteiger partial charge >= 0.3 is 10.2 Å². The second kappa shape index (κ2) is 11.5. The number of azo groups is 1. The maximum atomic E-state index is 12.9. The molecule has 0 unspecified atom stereocenters. The maximum Gasteiger partial charge on any atom is 0.332 e. The van der Waals surface area contributed by atoms with Crippen molar-refractivity contribution in [1.82, 2.24) is 4.98 Å². The molecule has 0 amide bonds. The van der Waals surface area contributed by atoms with Gasteiger partial charge in [0.05, 0.1) is 20.8 Å². The number of thioether (sulfide) groups is 1. The predicted molar refractivity (Wildman–Crippen MR) is 140 cm³/mol. The van der Waals surface area contributed by atoms with Gasteiger partial charge in [-0.05, 0) is 84.4 Å². The molecule has 0 spiro atoms. The minimum absolute atomic E-state index is 0.330. The molecule has 0 saturated carbocycles. The highest BCUT2D eigenvalue weighted by atomic mass is 32.3. The van der Waals surface area contributed by atoms with Crippen LogP contribution in [0.1, 0.15) is 12.5 Å². The number of hydrogen-bond acceptors (Lipinski definition) is 10. The Balaban J connectivity index is 1.35. The Hall–Kier alpha value is -3.53. The van der Waals surface area contributed by atoms with Crippen LogP contribution in [-0.2, 0) is 16.6 Å². The van der Waals surface area contributed by atoms with Gasteiger partial charge in [0.1, 0.15) is 17.8 Å². The summed E-state index contributed by atoms with van der Waals surface area (Å²) in [5.41, 5.74) is 3.48. The molecular formula is C24H20FN5O3S3. The van der Waals surface area contributed by atoms with Gasteiger partial charge in [0, 0.05) is 17.1 Å². The smallest absolute Gasteiger partial charge is 0.332 e. The largest absolute Gasteiger partial charge is 0.492 e. The molecule has 0 fully saturated rings. The van der Waals surface area contributed by atoms with E-state index < -0.39 is 15.1 Å². The molecule has 4 aromatic rings. The number of ether oxygens (including phenoxy) is 1. The number of thiocyanates is 1. The summed E-state index contributed by atoms with van der Waals surface area (Å²) >= 11 is 2.52. The van der Waals surface area contributed by atoms with Crippen molar-refractivity contribution in [2.45, 2.75) is 23.1 Å². The third-order valence-corrected chi connectivity index (χ3v) is 7.34. The minimum Gasteiger partial charge on any atom is -0.492 e. The lowest BCUT2D eigenvalue weighted by Crippen LogP contribution is -2.11. The molecular weight excluding hydrogens is 521 g/mol. The first kappa shape index (κ1) is 25.6. The summed E-state index contributed by atoms with van der Waals surface area (Å²) < 4.78 is 41.2. The topological polar surface area (TPSA) is 117 Å². The normalized spacial score (nSPS) is 11.6. The van der Waals surface area contributed by atoms with Crippen molar-refractivity contribution in [2.75, 3.05) is 18.5 Å². The first-order valence-electron chi connectivity index (χ1n) is 10.8. The lowest BCUT2D eigenvalue weighted by atomic mass is 10.1. The quantitative estimate of drug-likeness (QED) is 0.0755. The second-order valence-electron chi connectivity index (χ2n) is 7.40. The van der Waals surface area contributed by atoms with Crippen LogP contribution in [0.3, 0.4) is 0 Å². The molecule has 0 atom stereocenters. The third kappa shape index (κ3) is 6.57. The average molecular weight is 542 g/mol. The standard InChI is InChI=1S/C24H20FN5O3S3/c1-2-16-13-17(27-11-12-33-18-4-7-20(8-5-18)36(25,31)32)3-9-21(16)29-30-24-28-22-10-6-19(34-15-26)14-23(22)35-24/h3-10,13-14,27H,2,11-12H2,1H3. The van der Waals surface area contributed by atoms with Crippen LogP contribution in [0, 0.1) is 10.7 Å². The van der Waals surface area contributed by atoms with Gasteiger partial charge in [-0.15, -0.1) is 14.1 Å². The molecule has 36 heavy (non-hydrogen) atoms. The number of thiazole rings is 1. The SMILES string of the molecule is CCc1cc(NCCOc2ccc(S(=O)(=O)F)cc2)ccc1N=Nc1nc2ccc(SC#N)cc2s1. The molecule has 12 heteroatoms. The lowest BCUT2D eigenvalue weighted by molar-refractivity contribution is 0.332. The van der Waals surface area contributed by atoms with E-state index in [2.05, 4.69) is 25.9 Å². The first-order chi connectivity index (χ1) is 17.4. The zero-order chi connectivity index (χ0) is 25.5. The van der Waals surface area contributed by atoms with Gasteiger partial charge in [0.2, 0.25) is 5.13 Å². The van der Waals surface area contributed by atoms with Crippen LogP contribution in [0.4, 0.5) is 20.4 Å². The van der Waals surface area contributed by atoms with E-state index in [1.165, 1.54) is 35.6 Å². The number of fused-ring (bicyclic) bond motifs is 1. The summed E-state index contributed by atoms with van der Waals surface area (Å²) in [4.78, 5) is 4.95. The molecule has 0 bridgehead atoms. The van der Waals surface area contributed by atoms with Gasteiger partial charge in [-0.2, -0.15) is 13.7 Å². The van der Waals surface area contributed by atoms with Gasteiger partial charge in [-0.25, -0.2) is 4.98 Å². The average Bonchev–Trinajstić information content (AvgIpc) is 3.28. The zero-order valence-electron chi connectivity index (χ0n) is 19.0. The van der Waals surface area contributed by atoms with E-state index in [9.17, 15) is 12.3 Å². The van der Waals surface area contributed by atoms with Crippen LogP contribution in [0.5, 0.6) is 5.75 Å². The monoisotopic (exact) mass is 541 g/mol. The number of aryl methyl sites for hydroxylation is 1. The van der Waals surface area contributed by atoms with Crippen LogP contribution in [-0.4, -0.2) is 26.6 Å². The lowest BCUT2D eigenvalue weighted by Gasteiger charge is -2.11. The fraction of sp³-hybridized carbons (Fsp3) is 0.167. The Labute approximate surface area is 216 Å². The Kier molecular flexibility index (Phi) is 8.14. The molecule has 4 rings (SSSR count). The van der Waals surface area contributed by atoms with E-state index in [0.717, 1.165) is 50.2 Å². The van der Waals surface area contributed by atoms with Crippen molar-refractivity contribution in [2.24, 2.45) is 10.2 Å². The number of nitrogens with one attached hydrogen (secondary N) is 1. The van der Waals surface area contributed by atoms with E-state index in [0.29, 0.717) is 24.0 Å². The molecule has 0 aliphatic heterocycles. The number of halogens is 1. The molecule has 0 aliphatic rings. The molecule has 1 N–H and O–H groups in total. The van der Waals surface area contributed by atoms with Crippen LogP contribution < -0.4 is 10.1 Å². The van der Waals surface area contributed by atoms with Gasteiger partial charge in [0.15, 0.2) is 0 Å². The first-order valence-corrected chi connectivity index (χ1v) is 13.8. The Morgan fingerprint density at radius 2 is 1.94 bits per heavy atom. The molecule has 1 heterocycles. The molecule has 0 radical (unpaired) electrons. The fourth-order valence-corrected chi connectivity index (χ4v) is 5.07. The Morgan fingerprint density at radius 3 is 2.67 bits per heavy atom. The highest BCUT2D eigenvalue weighted by Gasteiger charge is 2.11. The van der Waals surface area contributed by atoms with E-state index in [-0.39, 0.29) is 0 Å². The molecule has 1 aromatic heterocycles. The number of rotatable bonds is 10. The van der Waals surface area contributed by atoms with E-state index in [1.54, 1.807) is 0 Å². The van der Waals surface area contributed by atoms with E-state index in [1.807, 2.05) is 43.3 Å². The summed E-state index contributed by atoms with van der Waals surface area (Å²) in [6.45, 7) is 2.87. The number of anilines is 1. The zero-order valence-corrected chi connectivity index (χ0v) is 21.5. The van der Waals surface area contributed by atoms with Crippen molar-refractivity contribution < 1.29 is 17.0 Å². The number of aromatic nitrogens is 1. The van der Waals surface area contributed by atoms with E-state index in [4.69, 9.17) is 10.00 Å². The summed E-state index contributed by atoms with van der Waals surface area (Å²) in [7, 11) is -4.72.